The molecule has 0 radical (unpaired) electrons. The first-order valence-corrected chi connectivity index (χ1v) is 7.68. The van der Waals surface area contributed by atoms with Crippen molar-refractivity contribution in [3.63, 3.8) is 0 Å². The second kappa shape index (κ2) is 7.37. The average molecular weight is 285 g/mol. The quantitative estimate of drug-likeness (QED) is 0.813. The molecule has 1 nitrogen and oxygen atoms in total. The van der Waals surface area contributed by atoms with Crippen molar-refractivity contribution in [2.75, 3.05) is 0 Å². The molecule has 0 spiro atoms. The van der Waals surface area contributed by atoms with Crippen LogP contribution in [0.15, 0.2) is 48.5 Å². The van der Waals surface area contributed by atoms with Crippen molar-refractivity contribution in [1.82, 2.24) is 5.32 Å². The van der Waals surface area contributed by atoms with Gasteiger partial charge in [-0.1, -0.05) is 49.4 Å². The van der Waals surface area contributed by atoms with Gasteiger partial charge < -0.3 is 5.32 Å². The highest BCUT2D eigenvalue weighted by Crippen LogP contribution is 2.16. The molecule has 112 valence electrons. The fraction of sp³-hybridized carbons (Fsp3) is 0.368. The fourth-order valence-electron chi connectivity index (χ4n) is 2.62. The van der Waals surface area contributed by atoms with Crippen LogP contribution in [0.25, 0.3) is 0 Å². The highest BCUT2D eigenvalue weighted by molar-refractivity contribution is 5.25. The van der Waals surface area contributed by atoms with Crippen molar-refractivity contribution >= 4 is 0 Å². The Labute approximate surface area is 127 Å². The number of benzene rings is 2. The van der Waals surface area contributed by atoms with Gasteiger partial charge in [0, 0.05) is 12.1 Å². The van der Waals surface area contributed by atoms with E-state index in [1.165, 1.54) is 17.2 Å². The molecule has 21 heavy (non-hydrogen) atoms. The van der Waals surface area contributed by atoms with Gasteiger partial charge in [0.2, 0.25) is 0 Å². The van der Waals surface area contributed by atoms with Gasteiger partial charge in [-0.05, 0) is 49.4 Å². The Morgan fingerprint density at radius 2 is 1.67 bits per heavy atom. The third-order valence-corrected chi connectivity index (χ3v) is 3.91. The molecule has 1 N–H and O–H groups in total. The van der Waals surface area contributed by atoms with Gasteiger partial charge in [0.1, 0.15) is 5.82 Å². The summed E-state index contributed by atoms with van der Waals surface area (Å²) in [5.41, 5.74) is 3.39. The smallest absolute Gasteiger partial charge is 0.126 e. The molecule has 0 amide bonds. The summed E-state index contributed by atoms with van der Waals surface area (Å²) >= 11 is 0. The number of halogens is 1. The van der Waals surface area contributed by atoms with E-state index < -0.39 is 0 Å². The first-order valence-electron chi connectivity index (χ1n) is 7.68. The molecule has 0 heterocycles. The van der Waals surface area contributed by atoms with E-state index in [4.69, 9.17) is 0 Å². The van der Waals surface area contributed by atoms with Gasteiger partial charge in [-0.2, -0.15) is 0 Å². The third kappa shape index (κ3) is 4.40. The third-order valence-electron chi connectivity index (χ3n) is 3.91. The zero-order valence-corrected chi connectivity index (χ0v) is 13.1. The molecule has 0 aromatic heterocycles. The van der Waals surface area contributed by atoms with Crippen LogP contribution in [-0.2, 0) is 12.8 Å². The van der Waals surface area contributed by atoms with Crippen LogP contribution in [0.2, 0.25) is 0 Å². The Morgan fingerprint density at radius 1 is 1.00 bits per heavy atom. The molecular formula is C19H24FN. The Hall–Kier alpha value is -1.67. The number of hydrogen-bond donors (Lipinski definition) is 1. The van der Waals surface area contributed by atoms with E-state index in [1.54, 1.807) is 6.07 Å². The molecule has 2 aromatic rings. The van der Waals surface area contributed by atoms with Gasteiger partial charge in [-0.3, -0.25) is 0 Å². The zero-order valence-electron chi connectivity index (χ0n) is 13.1. The Morgan fingerprint density at radius 3 is 2.29 bits per heavy atom. The highest BCUT2D eigenvalue weighted by Gasteiger charge is 2.11. The minimum Gasteiger partial charge on any atom is -0.307 e. The number of rotatable bonds is 6. The summed E-state index contributed by atoms with van der Waals surface area (Å²) in [6.45, 7) is 6.41. The highest BCUT2D eigenvalue weighted by atomic mass is 19.1. The molecule has 0 aliphatic rings. The van der Waals surface area contributed by atoms with Gasteiger partial charge in [0.05, 0.1) is 0 Å². The summed E-state index contributed by atoms with van der Waals surface area (Å²) < 4.78 is 13.7. The lowest BCUT2D eigenvalue weighted by atomic mass is 10.0. The molecule has 0 aliphatic heterocycles. The molecule has 0 saturated carbocycles. The minimum atomic E-state index is -0.119. The van der Waals surface area contributed by atoms with Crippen molar-refractivity contribution in [3.8, 4) is 0 Å². The first-order chi connectivity index (χ1) is 10.1. The predicted molar refractivity (Wildman–Crippen MR) is 86.9 cm³/mol. The number of nitrogens with one attached hydrogen (secondary N) is 1. The lowest BCUT2D eigenvalue weighted by Gasteiger charge is -2.21. The van der Waals surface area contributed by atoms with Crippen molar-refractivity contribution in [3.05, 3.63) is 71.0 Å². The van der Waals surface area contributed by atoms with Crippen molar-refractivity contribution in [1.29, 1.82) is 0 Å². The maximum Gasteiger partial charge on any atom is 0.126 e. The largest absolute Gasteiger partial charge is 0.307 e. The van der Waals surface area contributed by atoms with Crippen LogP contribution in [0.3, 0.4) is 0 Å². The van der Waals surface area contributed by atoms with E-state index in [-0.39, 0.29) is 17.9 Å². The molecule has 0 saturated heterocycles. The topological polar surface area (TPSA) is 12.0 Å². The molecule has 2 unspecified atom stereocenters. The first kappa shape index (κ1) is 15.7. The van der Waals surface area contributed by atoms with Crippen molar-refractivity contribution in [2.45, 2.75) is 45.7 Å². The summed E-state index contributed by atoms with van der Waals surface area (Å²) in [7, 11) is 0. The molecule has 0 bridgehead atoms. The van der Waals surface area contributed by atoms with Gasteiger partial charge in [-0.25, -0.2) is 4.39 Å². The van der Waals surface area contributed by atoms with Crippen LogP contribution >= 0.6 is 0 Å². The molecule has 0 fully saturated rings. The Bertz CT molecular complexity index is 562. The standard InChI is InChI=1S/C19H24FN/c1-4-16-9-11-17(12-10-16)15(3)21-14(2)13-18-7-5-6-8-19(18)20/h5-12,14-15,21H,4,13H2,1-3H3. The molecular weight excluding hydrogens is 261 g/mol. The zero-order chi connectivity index (χ0) is 15.2. The molecule has 2 rings (SSSR count). The van der Waals surface area contributed by atoms with Crippen molar-refractivity contribution < 1.29 is 4.39 Å². The van der Waals surface area contributed by atoms with E-state index in [0.717, 1.165) is 12.0 Å². The van der Waals surface area contributed by atoms with E-state index in [2.05, 4.69) is 50.4 Å². The average Bonchev–Trinajstić information content (AvgIpc) is 2.49. The monoisotopic (exact) mass is 285 g/mol. The van der Waals surface area contributed by atoms with Gasteiger partial charge in [0.15, 0.2) is 0 Å². The Kier molecular flexibility index (Phi) is 5.51. The minimum absolute atomic E-state index is 0.119. The SMILES string of the molecule is CCc1ccc(C(C)NC(C)Cc2ccccc2F)cc1. The number of aryl methyl sites for hydroxylation is 1. The molecule has 2 aromatic carbocycles. The Balaban J connectivity index is 1.95. The van der Waals surface area contributed by atoms with Crippen LogP contribution in [-0.4, -0.2) is 6.04 Å². The summed E-state index contributed by atoms with van der Waals surface area (Å²) in [6, 6.07) is 16.2. The van der Waals surface area contributed by atoms with Crippen molar-refractivity contribution in [2.24, 2.45) is 0 Å². The molecule has 2 heteroatoms. The second-order valence-electron chi connectivity index (χ2n) is 5.68. The summed E-state index contributed by atoms with van der Waals surface area (Å²) in [5, 5.41) is 3.54. The molecule has 0 aliphatic carbocycles. The fourth-order valence-corrected chi connectivity index (χ4v) is 2.62. The number of hydrogen-bond acceptors (Lipinski definition) is 1. The van der Waals surface area contributed by atoms with Crippen LogP contribution < -0.4 is 5.32 Å². The van der Waals surface area contributed by atoms with E-state index in [1.807, 2.05) is 12.1 Å². The van der Waals surface area contributed by atoms with Gasteiger partial charge >= 0.3 is 0 Å². The summed E-state index contributed by atoms with van der Waals surface area (Å²) in [4.78, 5) is 0. The van der Waals surface area contributed by atoms with Crippen LogP contribution in [0.1, 0.15) is 43.5 Å². The van der Waals surface area contributed by atoms with Crippen LogP contribution in [0, 0.1) is 5.82 Å². The van der Waals surface area contributed by atoms with Gasteiger partial charge in [-0.15, -0.1) is 0 Å². The maximum absolute atomic E-state index is 13.7. The van der Waals surface area contributed by atoms with Crippen LogP contribution in [0.4, 0.5) is 4.39 Å². The van der Waals surface area contributed by atoms with Crippen LogP contribution in [0.5, 0.6) is 0 Å². The second-order valence-corrected chi connectivity index (χ2v) is 5.68. The summed E-state index contributed by atoms with van der Waals surface area (Å²) in [6.07, 6.45) is 1.76. The lowest BCUT2D eigenvalue weighted by Crippen LogP contribution is -2.31. The normalized spacial score (nSPS) is 13.9. The van der Waals surface area contributed by atoms with E-state index >= 15 is 0 Å². The predicted octanol–water partition coefficient (Wildman–Crippen LogP) is 4.67. The summed E-state index contributed by atoms with van der Waals surface area (Å²) in [5.74, 6) is -0.119. The lowest BCUT2D eigenvalue weighted by molar-refractivity contribution is 0.469. The maximum atomic E-state index is 13.7. The van der Waals surface area contributed by atoms with E-state index in [9.17, 15) is 4.39 Å². The van der Waals surface area contributed by atoms with Gasteiger partial charge in [0.25, 0.3) is 0 Å². The van der Waals surface area contributed by atoms with E-state index in [0.29, 0.717) is 6.42 Å². The molecule has 2 atom stereocenters.